The highest BCUT2D eigenvalue weighted by Gasteiger charge is 2.12. The monoisotopic (exact) mass is 369 g/mol. The molecule has 3 N–H and O–H groups in total. The van der Waals surface area contributed by atoms with Crippen LogP contribution in [0.15, 0.2) is 36.5 Å². The van der Waals surface area contributed by atoms with Crippen molar-refractivity contribution in [1.82, 2.24) is 4.57 Å². The van der Waals surface area contributed by atoms with Crippen molar-refractivity contribution in [2.45, 2.75) is 19.9 Å². The fourth-order valence-corrected chi connectivity index (χ4v) is 2.45. The van der Waals surface area contributed by atoms with Crippen LogP contribution >= 0.6 is 22.6 Å². The van der Waals surface area contributed by atoms with Crippen molar-refractivity contribution >= 4 is 39.9 Å². The second-order valence-corrected chi connectivity index (χ2v) is 5.56. The van der Waals surface area contributed by atoms with E-state index in [9.17, 15) is 4.79 Å². The van der Waals surface area contributed by atoms with Crippen LogP contribution in [-0.2, 0) is 6.54 Å². The number of nitrogen functional groups attached to an aromatic ring is 1. The second-order valence-electron chi connectivity index (χ2n) is 4.32. The van der Waals surface area contributed by atoms with Crippen LogP contribution in [0.25, 0.3) is 0 Å². The zero-order valence-corrected chi connectivity index (χ0v) is 12.8. The molecule has 0 saturated heterocycles. The molecule has 0 aliphatic rings. The van der Waals surface area contributed by atoms with Gasteiger partial charge in [0, 0.05) is 22.0 Å². The molecule has 2 aromatic rings. The third kappa shape index (κ3) is 3.50. The number of nitrogens with two attached hydrogens (primary N) is 1. The number of benzene rings is 1. The van der Waals surface area contributed by atoms with Crippen molar-refractivity contribution in [2.75, 3.05) is 11.1 Å². The number of rotatable bonds is 4. The molecule has 0 fully saturated rings. The van der Waals surface area contributed by atoms with Gasteiger partial charge in [0.2, 0.25) is 0 Å². The smallest absolute Gasteiger partial charge is 0.272 e. The Labute approximate surface area is 126 Å². The van der Waals surface area contributed by atoms with Crippen LogP contribution in [0.1, 0.15) is 23.8 Å². The summed E-state index contributed by atoms with van der Waals surface area (Å²) in [4.78, 5) is 12.2. The molecule has 1 aromatic heterocycles. The molecule has 1 heterocycles. The molecule has 0 aliphatic carbocycles. The van der Waals surface area contributed by atoms with Crippen molar-refractivity contribution in [3.63, 3.8) is 0 Å². The molecule has 5 heteroatoms. The first-order chi connectivity index (χ1) is 9.10. The third-order valence-electron chi connectivity index (χ3n) is 2.70. The van der Waals surface area contributed by atoms with Crippen LogP contribution in [0, 0.1) is 3.57 Å². The summed E-state index contributed by atoms with van der Waals surface area (Å²) in [6.45, 7) is 2.85. The first kappa shape index (κ1) is 13.9. The summed E-state index contributed by atoms with van der Waals surface area (Å²) >= 11 is 2.21. The Morgan fingerprint density at radius 1 is 1.42 bits per heavy atom. The maximum Gasteiger partial charge on any atom is 0.272 e. The van der Waals surface area contributed by atoms with E-state index < -0.39 is 0 Å². The number of carbonyl (C=O) groups is 1. The zero-order chi connectivity index (χ0) is 13.8. The van der Waals surface area contributed by atoms with E-state index in [1.807, 2.05) is 28.8 Å². The van der Waals surface area contributed by atoms with Gasteiger partial charge < -0.3 is 15.6 Å². The van der Waals surface area contributed by atoms with Crippen molar-refractivity contribution in [3.05, 3.63) is 45.8 Å². The SMILES string of the molecule is CCCn1cc(N)cc1C(=O)Nc1cccc(I)c1. The van der Waals surface area contributed by atoms with Gasteiger partial charge in [-0.3, -0.25) is 4.79 Å². The molecule has 1 aromatic carbocycles. The van der Waals surface area contributed by atoms with Gasteiger partial charge in [0.05, 0.1) is 5.69 Å². The van der Waals surface area contributed by atoms with Crippen LogP contribution in [0.5, 0.6) is 0 Å². The molecule has 0 saturated carbocycles. The van der Waals surface area contributed by atoms with Gasteiger partial charge in [-0.25, -0.2) is 0 Å². The molecule has 0 aliphatic heterocycles. The standard InChI is InChI=1S/C14H16IN3O/c1-2-6-18-9-11(16)8-13(18)14(19)17-12-5-3-4-10(15)7-12/h3-5,7-9H,2,6,16H2,1H3,(H,17,19). The zero-order valence-electron chi connectivity index (χ0n) is 10.7. The number of anilines is 2. The van der Waals surface area contributed by atoms with Crippen LogP contribution in [0.2, 0.25) is 0 Å². The molecule has 0 unspecified atom stereocenters. The van der Waals surface area contributed by atoms with Gasteiger partial charge in [0.25, 0.3) is 5.91 Å². The van der Waals surface area contributed by atoms with Crippen LogP contribution in [-0.4, -0.2) is 10.5 Å². The minimum Gasteiger partial charge on any atom is -0.397 e. The van der Waals surface area contributed by atoms with E-state index >= 15 is 0 Å². The summed E-state index contributed by atoms with van der Waals surface area (Å²) in [6.07, 6.45) is 2.75. The number of aromatic nitrogens is 1. The lowest BCUT2D eigenvalue weighted by molar-refractivity contribution is 0.101. The first-order valence-electron chi connectivity index (χ1n) is 6.12. The normalized spacial score (nSPS) is 10.4. The Bertz CT molecular complexity index is 592. The molecule has 0 bridgehead atoms. The Hall–Kier alpha value is -1.50. The summed E-state index contributed by atoms with van der Waals surface area (Å²) in [6, 6.07) is 9.40. The lowest BCUT2D eigenvalue weighted by atomic mass is 10.3. The van der Waals surface area contributed by atoms with Crippen LogP contribution in [0.3, 0.4) is 0 Å². The van der Waals surface area contributed by atoms with Crippen LogP contribution in [0.4, 0.5) is 11.4 Å². The summed E-state index contributed by atoms with van der Waals surface area (Å²) in [5.74, 6) is -0.132. The van der Waals surface area contributed by atoms with Gasteiger partial charge in [-0.2, -0.15) is 0 Å². The average molecular weight is 369 g/mol. The van der Waals surface area contributed by atoms with E-state index in [0.717, 1.165) is 22.2 Å². The highest BCUT2D eigenvalue weighted by molar-refractivity contribution is 14.1. The second kappa shape index (κ2) is 6.10. The van der Waals surface area contributed by atoms with Gasteiger partial charge >= 0.3 is 0 Å². The molecule has 1 amide bonds. The number of amides is 1. The van der Waals surface area contributed by atoms with Crippen LogP contribution < -0.4 is 11.1 Å². The number of hydrogen-bond donors (Lipinski definition) is 2. The lowest BCUT2D eigenvalue weighted by Crippen LogP contribution is -2.16. The van der Waals surface area contributed by atoms with E-state index in [1.165, 1.54) is 0 Å². The van der Waals surface area contributed by atoms with Crippen molar-refractivity contribution in [1.29, 1.82) is 0 Å². The topological polar surface area (TPSA) is 60.0 Å². The molecule has 2 rings (SSSR count). The van der Waals surface area contributed by atoms with Gasteiger partial charge in [-0.1, -0.05) is 13.0 Å². The number of halogens is 1. The Kier molecular flexibility index (Phi) is 4.47. The van der Waals surface area contributed by atoms with E-state index in [-0.39, 0.29) is 5.91 Å². The Morgan fingerprint density at radius 2 is 2.21 bits per heavy atom. The van der Waals surface area contributed by atoms with Gasteiger partial charge in [0.15, 0.2) is 0 Å². The first-order valence-corrected chi connectivity index (χ1v) is 7.20. The fraction of sp³-hybridized carbons (Fsp3) is 0.214. The minimum atomic E-state index is -0.132. The number of carbonyl (C=O) groups excluding carboxylic acids is 1. The molecule has 19 heavy (non-hydrogen) atoms. The van der Waals surface area contributed by atoms with Gasteiger partial charge in [-0.15, -0.1) is 0 Å². The summed E-state index contributed by atoms with van der Waals surface area (Å²) in [7, 11) is 0. The molecule has 0 radical (unpaired) electrons. The Balaban J connectivity index is 2.20. The highest BCUT2D eigenvalue weighted by Crippen LogP contribution is 2.16. The summed E-state index contributed by atoms with van der Waals surface area (Å²) in [5.41, 5.74) is 7.76. The fourth-order valence-electron chi connectivity index (χ4n) is 1.91. The van der Waals surface area contributed by atoms with E-state index in [2.05, 4.69) is 34.8 Å². The maximum atomic E-state index is 12.2. The lowest BCUT2D eigenvalue weighted by Gasteiger charge is -2.08. The molecular weight excluding hydrogens is 353 g/mol. The number of aryl methyl sites for hydroxylation is 1. The average Bonchev–Trinajstić information content (AvgIpc) is 2.71. The quantitative estimate of drug-likeness (QED) is 0.813. The van der Waals surface area contributed by atoms with E-state index in [0.29, 0.717) is 11.4 Å². The summed E-state index contributed by atoms with van der Waals surface area (Å²) in [5, 5.41) is 2.89. The molecule has 4 nitrogen and oxygen atoms in total. The largest absolute Gasteiger partial charge is 0.397 e. The van der Waals surface area contributed by atoms with E-state index in [4.69, 9.17) is 5.73 Å². The molecule has 0 spiro atoms. The van der Waals surface area contributed by atoms with E-state index in [1.54, 1.807) is 12.3 Å². The number of hydrogen-bond acceptors (Lipinski definition) is 2. The molecule has 100 valence electrons. The number of nitrogens with one attached hydrogen (secondary N) is 1. The third-order valence-corrected chi connectivity index (χ3v) is 3.37. The maximum absolute atomic E-state index is 12.2. The minimum absolute atomic E-state index is 0.132. The van der Waals surface area contributed by atoms with Crippen molar-refractivity contribution < 1.29 is 4.79 Å². The van der Waals surface area contributed by atoms with Gasteiger partial charge in [-0.05, 0) is 53.3 Å². The molecule has 0 atom stereocenters. The summed E-state index contributed by atoms with van der Waals surface area (Å²) < 4.78 is 2.97. The van der Waals surface area contributed by atoms with Gasteiger partial charge in [0.1, 0.15) is 5.69 Å². The predicted octanol–water partition coefficient (Wildman–Crippen LogP) is 3.34. The predicted molar refractivity (Wildman–Crippen MR) is 86.2 cm³/mol. The Morgan fingerprint density at radius 3 is 2.89 bits per heavy atom. The highest BCUT2D eigenvalue weighted by atomic mass is 127. The molecular formula is C14H16IN3O. The van der Waals surface area contributed by atoms with Crippen molar-refractivity contribution in [3.8, 4) is 0 Å². The van der Waals surface area contributed by atoms with Crippen molar-refractivity contribution in [2.24, 2.45) is 0 Å². The number of nitrogens with zero attached hydrogens (tertiary/aromatic N) is 1.